The fraction of sp³-hybridized carbons (Fsp3) is 0.194. The second kappa shape index (κ2) is 11.5. The van der Waals surface area contributed by atoms with Crippen molar-refractivity contribution in [2.45, 2.75) is 31.3 Å². The third-order valence-electron chi connectivity index (χ3n) is 6.80. The van der Waals surface area contributed by atoms with Crippen LogP contribution in [0, 0.1) is 12.7 Å². The molecular formula is C31H29FN2O5S. The van der Waals surface area contributed by atoms with Gasteiger partial charge in [0.25, 0.3) is 16.0 Å². The number of halogens is 1. The summed E-state index contributed by atoms with van der Waals surface area (Å²) in [7, 11) is -2.27. The maximum Gasteiger partial charge on any atom is 0.296 e. The molecule has 206 valence electrons. The van der Waals surface area contributed by atoms with Crippen LogP contribution >= 0.6 is 0 Å². The van der Waals surface area contributed by atoms with E-state index in [2.05, 4.69) is 5.32 Å². The first-order valence-corrected chi connectivity index (χ1v) is 14.2. The van der Waals surface area contributed by atoms with Crippen LogP contribution in [0.15, 0.2) is 89.8 Å². The largest absolute Gasteiger partial charge is 0.497 e. The van der Waals surface area contributed by atoms with Gasteiger partial charge in [0.1, 0.15) is 11.6 Å². The fourth-order valence-corrected chi connectivity index (χ4v) is 5.49. The van der Waals surface area contributed by atoms with E-state index in [9.17, 15) is 17.6 Å². The van der Waals surface area contributed by atoms with Crippen molar-refractivity contribution in [3.8, 4) is 5.75 Å². The molecule has 4 aromatic rings. The zero-order valence-electron chi connectivity index (χ0n) is 22.2. The molecule has 0 saturated heterocycles. The molecule has 1 N–H and O–H groups in total. The summed E-state index contributed by atoms with van der Waals surface area (Å²) in [5.41, 5.74) is 5.23. The minimum absolute atomic E-state index is 0.0408. The topological polar surface area (TPSA) is 84.9 Å². The number of aryl methyl sites for hydroxylation is 1. The SMILES string of the molecule is COc1ccc(CNc2cc(CCOS(=O)(=O)c3ccc(C)cc3)ccc2N2Cc3cc(F)ccc3C2=O)cc1. The van der Waals surface area contributed by atoms with Crippen LogP contribution in [0.2, 0.25) is 0 Å². The number of amides is 1. The number of nitrogens with zero attached hydrogens (tertiary/aromatic N) is 1. The molecule has 0 aliphatic carbocycles. The highest BCUT2D eigenvalue weighted by Gasteiger charge is 2.30. The third kappa shape index (κ3) is 6.00. The number of methoxy groups -OCH3 is 1. The van der Waals surface area contributed by atoms with Crippen LogP contribution in [-0.2, 0) is 33.8 Å². The molecule has 0 bridgehead atoms. The van der Waals surface area contributed by atoms with E-state index in [-0.39, 0.29) is 29.8 Å². The van der Waals surface area contributed by atoms with Gasteiger partial charge in [-0.1, -0.05) is 35.9 Å². The number of fused-ring (bicyclic) bond motifs is 1. The van der Waals surface area contributed by atoms with Gasteiger partial charge >= 0.3 is 0 Å². The van der Waals surface area contributed by atoms with Crippen LogP contribution < -0.4 is 15.0 Å². The van der Waals surface area contributed by atoms with E-state index in [0.29, 0.717) is 35.5 Å². The van der Waals surface area contributed by atoms with Gasteiger partial charge in [-0.2, -0.15) is 8.42 Å². The number of hydrogen-bond acceptors (Lipinski definition) is 6. The van der Waals surface area contributed by atoms with Crippen molar-refractivity contribution in [2.75, 3.05) is 23.9 Å². The van der Waals surface area contributed by atoms with Crippen molar-refractivity contribution in [1.82, 2.24) is 0 Å². The normalized spacial score (nSPS) is 12.9. The molecule has 5 rings (SSSR count). The number of hydrogen-bond donors (Lipinski definition) is 1. The minimum Gasteiger partial charge on any atom is -0.497 e. The van der Waals surface area contributed by atoms with Crippen LogP contribution in [0.3, 0.4) is 0 Å². The zero-order chi connectivity index (χ0) is 28.3. The predicted molar refractivity (Wildman–Crippen MR) is 152 cm³/mol. The third-order valence-corrected chi connectivity index (χ3v) is 8.13. The van der Waals surface area contributed by atoms with E-state index in [1.807, 2.05) is 49.4 Å². The Labute approximate surface area is 233 Å². The predicted octanol–water partition coefficient (Wildman–Crippen LogP) is 5.86. The molecule has 7 nitrogen and oxygen atoms in total. The van der Waals surface area contributed by atoms with E-state index in [1.165, 1.54) is 30.3 Å². The van der Waals surface area contributed by atoms with Gasteiger partial charge in [0, 0.05) is 12.1 Å². The summed E-state index contributed by atoms with van der Waals surface area (Å²) in [6.45, 7) is 2.57. The van der Waals surface area contributed by atoms with Gasteiger partial charge in [-0.25, -0.2) is 4.39 Å². The molecule has 1 aliphatic rings. The number of rotatable bonds is 10. The van der Waals surface area contributed by atoms with Gasteiger partial charge in [0.05, 0.1) is 36.5 Å². The van der Waals surface area contributed by atoms with Gasteiger partial charge in [0.2, 0.25) is 0 Å². The summed E-state index contributed by atoms with van der Waals surface area (Å²) >= 11 is 0. The van der Waals surface area contributed by atoms with Crippen molar-refractivity contribution in [1.29, 1.82) is 0 Å². The van der Waals surface area contributed by atoms with E-state index in [0.717, 1.165) is 22.4 Å². The molecule has 0 fully saturated rings. The smallest absolute Gasteiger partial charge is 0.296 e. The Kier molecular flexibility index (Phi) is 7.86. The first-order valence-electron chi connectivity index (χ1n) is 12.8. The lowest BCUT2D eigenvalue weighted by Gasteiger charge is -2.22. The molecule has 0 atom stereocenters. The second-order valence-corrected chi connectivity index (χ2v) is 11.2. The molecule has 9 heteroatoms. The second-order valence-electron chi connectivity index (χ2n) is 9.59. The Morgan fingerprint density at radius 1 is 0.925 bits per heavy atom. The minimum atomic E-state index is -3.88. The lowest BCUT2D eigenvalue weighted by Crippen LogP contribution is -2.24. The lowest BCUT2D eigenvalue weighted by molar-refractivity contribution is 0.0996. The van der Waals surface area contributed by atoms with Crippen molar-refractivity contribution < 1.29 is 26.5 Å². The van der Waals surface area contributed by atoms with Crippen molar-refractivity contribution >= 4 is 27.4 Å². The van der Waals surface area contributed by atoms with Crippen LogP contribution in [0.4, 0.5) is 15.8 Å². The molecule has 1 aliphatic heterocycles. The average molecular weight is 561 g/mol. The number of carbonyl (C=O) groups excluding carboxylic acids is 1. The maximum absolute atomic E-state index is 13.8. The Hall–Kier alpha value is -4.21. The molecule has 0 saturated carbocycles. The summed E-state index contributed by atoms with van der Waals surface area (Å²) < 4.78 is 49.5. The monoisotopic (exact) mass is 560 g/mol. The van der Waals surface area contributed by atoms with Crippen LogP contribution in [0.5, 0.6) is 5.75 Å². The summed E-state index contributed by atoms with van der Waals surface area (Å²) in [6.07, 6.45) is 0.335. The molecular weight excluding hydrogens is 531 g/mol. The number of benzene rings is 4. The van der Waals surface area contributed by atoms with Gasteiger partial charge < -0.3 is 15.0 Å². The quantitative estimate of drug-likeness (QED) is 0.245. The molecule has 40 heavy (non-hydrogen) atoms. The van der Waals surface area contributed by atoms with Crippen molar-refractivity contribution in [2.24, 2.45) is 0 Å². The number of ether oxygens (including phenoxy) is 1. The zero-order valence-corrected chi connectivity index (χ0v) is 23.0. The lowest BCUT2D eigenvalue weighted by atomic mass is 10.1. The van der Waals surface area contributed by atoms with Crippen LogP contribution in [-0.4, -0.2) is 28.0 Å². The van der Waals surface area contributed by atoms with E-state index < -0.39 is 10.1 Å². The van der Waals surface area contributed by atoms with Crippen LogP contribution in [0.25, 0.3) is 0 Å². The van der Waals surface area contributed by atoms with E-state index in [4.69, 9.17) is 8.92 Å². The summed E-state index contributed by atoms with van der Waals surface area (Å²) in [4.78, 5) is 14.9. The fourth-order valence-electron chi connectivity index (χ4n) is 4.58. The Balaban J connectivity index is 1.36. The first kappa shape index (κ1) is 27.4. The average Bonchev–Trinajstić information content (AvgIpc) is 3.27. The van der Waals surface area contributed by atoms with Gasteiger partial charge in [-0.05, 0) is 84.6 Å². The molecule has 1 heterocycles. The van der Waals surface area contributed by atoms with Crippen LogP contribution in [0.1, 0.15) is 32.6 Å². The molecule has 0 spiro atoms. The number of carbonyl (C=O) groups is 1. The maximum atomic E-state index is 13.8. The molecule has 0 unspecified atom stereocenters. The highest BCUT2D eigenvalue weighted by molar-refractivity contribution is 7.86. The van der Waals surface area contributed by atoms with Crippen molar-refractivity contribution in [3.05, 3.63) is 119 Å². The van der Waals surface area contributed by atoms with Gasteiger partial charge in [0.15, 0.2) is 0 Å². The highest BCUT2D eigenvalue weighted by Crippen LogP contribution is 2.35. The Bertz CT molecular complexity index is 1640. The molecule has 4 aromatic carbocycles. The summed E-state index contributed by atoms with van der Waals surface area (Å²) in [5, 5.41) is 3.41. The highest BCUT2D eigenvalue weighted by atomic mass is 32.2. The van der Waals surface area contributed by atoms with Gasteiger partial charge in [-0.3, -0.25) is 8.98 Å². The molecule has 0 radical (unpaired) electrons. The number of nitrogens with one attached hydrogen (secondary N) is 1. The molecule has 1 amide bonds. The Morgan fingerprint density at radius 2 is 1.65 bits per heavy atom. The summed E-state index contributed by atoms with van der Waals surface area (Å²) in [5.74, 6) is 0.157. The standard InChI is InChI=1S/C31H29FN2O5S/c1-21-3-11-27(12-4-21)40(36,37)39-16-15-22-7-14-30(34-20-24-18-25(32)8-13-28(24)31(34)35)29(17-22)33-19-23-5-9-26(38-2)10-6-23/h3-14,17-18,33H,15-16,19-20H2,1-2H3. The first-order chi connectivity index (χ1) is 19.2. The van der Waals surface area contributed by atoms with E-state index in [1.54, 1.807) is 24.1 Å². The summed E-state index contributed by atoms with van der Waals surface area (Å²) in [6, 6.07) is 23.9. The van der Waals surface area contributed by atoms with E-state index >= 15 is 0 Å². The number of anilines is 2. The Morgan fingerprint density at radius 3 is 2.38 bits per heavy atom. The van der Waals surface area contributed by atoms with Crippen molar-refractivity contribution in [3.63, 3.8) is 0 Å². The van der Waals surface area contributed by atoms with Gasteiger partial charge in [-0.15, -0.1) is 0 Å². The molecule has 0 aromatic heterocycles.